The summed E-state index contributed by atoms with van der Waals surface area (Å²) in [6, 6.07) is 3.68. The second-order valence-electron chi connectivity index (χ2n) is 5.25. The van der Waals surface area contributed by atoms with E-state index in [0.29, 0.717) is 10.9 Å². The summed E-state index contributed by atoms with van der Waals surface area (Å²) in [7, 11) is 0. The van der Waals surface area contributed by atoms with Crippen LogP contribution in [-0.2, 0) is 9.59 Å². The molecule has 20 heavy (non-hydrogen) atoms. The van der Waals surface area contributed by atoms with Crippen molar-refractivity contribution in [2.75, 3.05) is 13.1 Å². The summed E-state index contributed by atoms with van der Waals surface area (Å²) in [6.45, 7) is 3.15. The number of amides is 1. The lowest BCUT2D eigenvalue weighted by Crippen LogP contribution is -2.42. The first kappa shape index (κ1) is 15.3. The number of nitrogens with zero attached hydrogens (tertiary/aromatic N) is 1. The number of thiophene rings is 1. The van der Waals surface area contributed by atoms with Crippen LogP contribution in [0, 0.1) is 5.92 Å². The molecule has 1 fully saturated rings. The van der Waals surface area contributed by atoms with E-state index in [1.165, 1.54) is 11.3 Å². The summed E-state index contributed by atoms with van der Waals surface area (Å²) < 4.78 is 0.682. The number of carbonyl (C=O) groups excluding carboxylic acids is 1. The first-order valence-electron chi connectivity index (χ1n) is 6.73. The van der Waals surface area contributed by atoms with Gasteiger partial charge in [0.15, 0.2) is 0 Å². The topological polar surface area (TPSA) is 57.6 Å². The van der Waals surface area contributed by atoms with Crippen molar-refractivity contribution >= 4 is 34.8 Å². The fourth-order valence-corrected chi connectivity index (χ4v) is 3.74. The summed E-state index contributed by atoms with van der Waals surface area (Å²) in [4.78, 5) is 26.0. The van der Waals surface area contributed by atoms with Crippen LogP contribution in [-0.4, -0.2) is 35.0 Å². The lowest BCUT2D eigenvalue weighted by atomic mass is 9.94. The molecule has 6 heteroatoms. The van der Waals surface area contributed by atoms with E-state index in [2.05, 4.69) is 0 Å². The fourth-order valence-electron chi connectivity index (χ4n) is 2.64. The highest BCUT2D eigenvalue weighted by molar-refractivity contribution is 7.16. The lowest BCUT2D eigenvalue weighted by molar-refractivity contribution is -0.141. The molecule has 4 nitrogen and oxygen atoms in total. The van der Waals surface area contributed by atoms with Gasteiger partial charge >= 0.3 is 5.97 Å². The van der Waals surface area contributed by atoms with E-state index in [1.54, 1.807) is 11.0 Å². The summed E-state index contributed by atoms with van der Waals surface area (Å²) in [5, 5.41) is 8.86. The largest absolute Gasteiger partial charge is 0.481 e. The van der Waals surface area contributed by atoms with Crippen molar-refractivity contribution in [1.82, 2.24) is 4.90 Å². The van der Waals surface area contributed by atoms with Gasteiger partial charge in [0.05, 0.1) is 10.3 Å². The SMILES string of the molecule is C[C@H](C(=O)N1CCC[C@@H](CC(=O)O)C1)c1ccc(Cl)s1. The Bertz CT molecular complexity index is 502. The molecule has 1 aliphatic heterocycles. The monoisotopic (exact) mass is 315 g/mol. The molecule has 0 aliphatic carbocycles. The van der Waals surface area contributed by atoms with Crippen LogP contribution in [0.2, 0.25) is 4.34 Å². The first-order chi connectivity index (χ1) is 9.47. The molecule has 0 saturated carbocycles. The molecule has 0 bridgehead atoms. The Balaban J connectivity index is 1.99. The van der Waals surface area contributed by atoms with Crippen molar-refractivity contribution in [2.24, 2.45) is 5.92 Å². The molecule has 0 aromatic carbocycles. The number of carboxylic acid groups (broad SMARTS) is 1. The maximum absolute atomic E-state index is 12.5. The van der Waals surface area contributed by atoms with Crippen molar-refractivity contribution < 1.29 is 14.7 Å². The summed E-state index contributed by atoms with van der Waals surface area (Å²) in [6.07, 6.45) is 1.90. The van der Waals surface area contributed by atoms with Gasteiger partial charge in [0, 0.05) is 24.4 Å². The highest BCUT2D eigenvalue weighted by atomic mass is 35.5. The van der Waals surface area contributed by atoms with Crippen LogP contribution in [0.5, 0.6) is 0 Å². The van der Waals surface area contributed by atoms with Crippen LogP contribution in [0.1, 0.15) is 37.0 Å². The highest BCUT2D eigenvalue weighted by Gasteiger charge is 2.29. The maximum atomic E-state index is 12.5. The number of carboxylic acids is 1. The molecule has 1 amide bonds. The number of likely N-dealkylation sites (tertiary alicyclic amines) is 1. The zero-order valence-corrected chi connectivity index (χ0v) is 12.9. The molecular formula is C14H18ClNO3S. The number of piperidine rings is 1. The average Bonchev–Trinajstić information content (AvgIpc) is 2.83. The molecular weight excluding hydrogens is 298 g/mol. The third-order valence-electron chi connectivity index (χ3n) is 3.69. The zero-order valence-electron chi connectivity index (χ0n) is 11.3. The Morgan fingerprint density at radius 3 is 2.90 bits per heavy atom. The molecule has 0 radical (unpaired) electrons. The minimum Gasteiger partial charge on any atom is -0.481 e. The highest BCUT2D eigenvalue weighted by Crippen LogP contribution is 2.30. The van der Waals surface area contributed by atoms with E-state index in [0.717, 1.165) is 24.3 Å². The van der Waals surface area contributed by atoms with Crippen molar-refractivity contribution in [3.8, 4) is 0 Å². The van der Waals surface area contributed by atoms with E-state index >= 15 is 0 Å². The predicted molar refractivity (Wildman–Crippen MR) is 79.3 cm³/mol. The molecule has 0 unspecified atom stereocenters. The standard InChI is InChI=1S/C14H18ClNO3S/c1-9(11-4-5-12(15)20-11)14(19)16-6-2-3-10(8-16)7-13(17)18/h4-5,9-10H,2-3,6-8H2,1H3,(H,17,18)/t9-,10-/m0/s1. The van der Waals surface area contributed by atoms with Crippen LogP contribution >= 0.6 is 22.9 Å². The second kappa shape index (κ2) is 6.59. The van der Waals surface area contributed by atoms with E-state index in [1.807, 2.05) is 13.0 Å². The Kier molecular flexibility index (Phi) is 5.05. The molecule has 1 aliphatic rings. The van der Waals surface area contributed by atoms with E-state index in [9.17, 15) is 9.59 Å². The number of halogens is 1. The molecule has 1 aromatic heterocycles. The van der Waals surface area contributed by atoms with Gasteiger partial charge in [0.25, 0.3) is 0 Å². The fraction of sp³-hybridized carbons (Fsp3) is 0.571. The Labute approximate surface area is 127 Å². The Morgan fingerprint density at radius 1 is 1.55 bits per heavy atom. The van der Waals surface area contributed by atoms with Gasteiger partial charge in [-0.1, -0.05) is 11.6 Å². The minimum absolute atomic E-state index is 0.0682. The quantitative estimate of drug-likeness (QED) is 0.928. The van der Waals surface area contributed by atoms with E-state index in [-0.39, 0.29) is 24.2 Å². The molecule has 1 saturated heterocycles. The smallest absolute Gasteiger partial charge is 0.303 e. The van der Waals surface area contributed by atoms with Crippen molar-refractivity contribution in [2.45, 2.75) is 32.1 Å². The Hall–Kier alpha value is -1.07. The van der Waals surface area contributed by atoms with Crippen LogP contribution in [0.4, 0.5) is 0 Å². The van der Waals surface area contributed by atoms with Gasteiger partial charge < -0.3 is 10.0 Å². The molecule has 2 heterocycles. The normalized spacial score (nSPS) is 20.7. The van der Waals surface area contributed by atoms with Gasteiger partial charge in [0.2, 0.25) is 5.91 Å². The van der Waals surface area contributed by atoms with Crippen molar-refractivity contribution in [3.63, 3.8) is 0 Å². The first-order valence-corrected chi connectivity index (χ1v) is 7.92. The van der Waals surface area contributed by atoms with Crippen molar-refractivity contribution in [1.29, 1.82) is 0 Å². The molecule has 110 valence electrons. The van der Waals surface area contributed by atoms with Crippen LogP contribution in [0.3, 0.4) is 0 Å². The number of carbonyl (C=O) groups is 2. The number of rotatable bonds is 4. The summed E-state index contributed by atoms with van der Waals surface area (Å²) in [5.74, 6) is -0.860. The van der Waals surface area contributed by atoms with Crippen LogP contribution in [0.15, 0.2) is 12.1 Å². The average molecular weight is 316 g/mol. The van der Waals surface area contributed by atoms with Crippen LogP contribution in [0.25, 0.3) is 0 Å². The zero-order chi connectivity index (χ0) is 14.7. The van der Waals surface area contributed by atoms with Gasteiger partial charge in [0.1, 0.15) is 0 Å². The molecule has 1 aromatic rings. The third kappa shape index (κ3) is 3.73. The number of aliphatic carboxylic acids is 1. The van der Waals surface area contributed by atoms with E-state index < -0.39 is 5.97 Å². The van der Waals surface area contributed by atoms with Gasteiger partial charge in [-0.05, 0) is 37.8 Å². The maximum Gasteiger partial charge on any atom is 0.303 e. The lowest BCUT2D eigenvalue weighted by Gasteiger charge is -2.33. The van der Waals surface area contributed by atoms with Gasteiger partial charge in [-0.25, -0.2) is 0 Å². The molecule has 0 spiro atoms. The Morgan fingerprint density at radius 2 is 2.30 bits per heavy atom. The molecule has 2 atom stereocenters. The predicted octanol–water partition coefficient (Wildman–Crippen LogP) is 3.22. The van der Waals surface area contributed by atoms with Gasteiger partial charge in [-0.3, -0.25) is 9.59 Å². The summed E-state index contributed by atoms with van der Waals surface area (Å²) in [5.41, 5.74) is 0. The second-order valence-corrected chi connectivity index (χ2v) is 7.00. The number of hydrogen-bond acceptors (Lipinski definition) is 3. The van der Waals surface area contributed by atoms with Crippen molar-refractivity contribution in [3.05, 3.63) is 21.3 Å². The number of hydrogen-bond donors (Lipinski definition) is 1. The van der Waals surface area contributed by atoms with Gasteiger partial charge in [-0.2, -0.15) is 0 Å². The molecule has 1 N–H and O–H groups in total. The summed E-state index contributed by atoms with van der Waals surface area (Å²) >= 11 is 7.33. The third-order valence-corrected chi connectivity index (χ3v) is 5.10. The van der Waals surface area contributed by atoms with Gasteiger partial charge in [-0.15, -0.1) is 11.3 Å². The minimum atomic E-state index is -0.789. The van der Waals surface area contributed by atoms with Crippen LogP contribution < -0.4 is 0 Å². The van der Waals surface area contributed by atoms with E-state index in [4.69, 9.17) is 16.7 Å². The molecule has 2 rings (SSSR count).